The molecule has 78 valence electrons. The van der Waals surface area contributed by atoms with Crippen molar-refractivity contribution in [3.8, 4) is 0 Å². The second-order valence-electron chi connectivity index (χ2n) is 2.79. The lowest BCUT2D eigenvalue weighted by atomic mass is 10.3. The lowest BCUT2D eigenvalue weighted by Crippen LogP contribution is -2.37. The number of nitrogens with zero attached hydrogens (tertiary/aromatic N) is 1. The predicted molar refractivity (Wildman–Crippen MR) is 72.1 cm³/mol. The molecular formula is C9H9N3S3. The largest absolute Gasteiger partial charge is 0.376 e. The minimum atomic E-state index is 0.336. The van der Waals surface area contributed by atoms with E-state index in [4.69, 9.17) is 18.0 Å². The molecule has 0 saturated heterocycles. The molecule has 0 bridgehead atoms. The van der Waals surface area contributed by atoms with E-state index in [-0.39, 0.29) is 0 Å². The Hall–Kier alpha value is -0.850. The third-order valence-corrected chi connectivity index (χ3v) is 3.55. The summed E-state index contributed by atoms with van der Waals surface area (Å²) in [6.07, 6.45) is 0. The van der Waals surface area contributed by atoms with Crippen LogP contribution in [0.2, 0.25) is 0 Å². The Bertz CT molecular complexity index is 391. The van der Waals surface area contributed by atoms with Crippen molar-refractivity contribution in [2.45, 2.75) is 0 Å². The molecule has 3 N–H and O–H groups in total. The normalized spacial score (nSPS) is 14.3. The van der Waals surface area contributed by atoms with Crippen LogP contribution in [-0.2, 0) is 0 Å². The van der Waals surface area contributed by atoms with Crippen molar-refractivity contribution in [1.29, 1.82) is 0 Å². The molecule has 0 spiro atoms. The van der Waals surface area contributed by atoms with Gasteiger partial charge < -0.3 is 10.5 Å². The van der Waals surface area contributed by atoms with Crippen molar-refractivity contribution in [2.75, 3.05) is 4.90 Å². The van der Waals surface area contributed by atoms with Crippen molar-refractivity contribution in [2.24, 2.45) is 5.73 Å². The van der Waals surface area contributed by atoms with Crippen LogP contribution in [0.25, 0.3) is 0 Å². The number of hydrogen-bond acceptors (Lipinski definition) is 4. The molecule has 1 aromatic carbocycles. The number of nitrogens with two attached hydrogens (primary N) is 1. The highest BCUT2D eigenvalue weighted by Gasteiger charge is 2.17. The lowest BCUT2D eigenvalue weighted by molar-refractivity contribution is 1.11. The fourth-order valence-corrected chi connectivity index (χ4v) is 2.90. The van der Waals surface area contributed by atoms with Gasteiger partial charge in [-0.2, -0.15) is 0 Å². The Morgan fingerprint density at radius 1 is 1.33 bits per heavy atom. The molecule has 1 heterocycles. The summed E-state index contributed by atoms with van der Waals surface area (Å²) in [5, 5.41) is 2.32. The van der Waals surface area contributed by atoms with Gasteiger partial charge in [0.2, 0.25) is 0 Å². The average Bonchev–Trinajstić information content (AvgIpc) is 2.72. The number of rotatable bonds is 2. The van der Waals surface area contributed by atoms with Crippen molar-refractivity contribution in [3.63, 3.8) is 0 Å². The molecule has 0 aromatic heterocycles. The summed E-state index contributed by atoms with van der Waals surface area (Å²) >= 11 is 5.04. The van der Waals surface area contributed by atoms with Crippen molar-refractivity contribution in [3.05, 3.63) is 41.6 Å². The Morgan fingerprint density at radius 2 is 2.07 bits per heavy atom. The van der Waals surface area contributed by atoms with E-state index in [1.54, 1.807) is 10.8 Å². The molecular weight excluding hydrogens is 246 g/mol. The average molecular weight is 255 g/mol. The first-order chi connectivity index (χ1) is 7.29. The summed E-state index contributed by atoms with van der Waals surface area (Å²) in [6.45, 7) is 0. The second-order valence-corrected chi connectivity index (χ2v) is 5.09. The summed E-state index contributed by atoms with van der Waals surface area (Å²) in [4.78, 5) is 1.81. The first-order valence-corrected chi connectivity index (χ1v) is 6.84. The molecule has 0 unspecified atom stereocenters. The Balaban J connectivity index is 2.32. The zero-order valence-electron chi connectivity index (χ0n) is 7.71. The predicted octanol–water partition coefficient (Wildman–Crippen LogP) is 2.44. The van der Waals surface area contributed by atoms with E-state index in [2.05, 4.69) is 4.72 Å². The van der Waals surface area contributed by atoms with Gasteiger partial charge in [0.05, 0.1) is 0 Å². The van der Waals surface area contributed by atoms with Crippen molar-refractivity contribution < 1.29 is 0 Å². The number of nitrogens with one attached hydrogen (secondary N) is 1. The minimum Gasteiger partial charge on any atom is -0.376 e. The van der Waals surface area contributed by atoms with Gasteiger partial charge >= 0.3 is 0 Å². The quantitative estimate of drug-likeness (QED) is 0.480. The van der Waals surface area contributed by atoms with Gasteiger partial charge in [-0.15, -0.1) is 0 Å². The lowest BCUT2D eigenvalue weighted by Gasteiger charge is -2.23. The second kappa shape index (κ2) is 4.78. The molecule has 0 radical (unpaired) electrons. The maximum absolute atomic E-state index is 5.71. The van der Waals surface area contributed by atoms with Crippen LogP contribution in [0.15, 0.2) is 41.6 Å². The number of thiocarbonyl (C=S) groups is 1. The van der Waals surface area contributed by atoms with Crippen LogP contribution in [0.4, 0.5) is 5.69 Å². The molecule has 0 fully saturated rings. The molecule has 0 atom stereocenters. The SMILES string of the molecule is NC(=S)N(C1=CSSN1)c1ccccc1. The molecule has 0 saturated carbocycles. The summed E-state index contributed by atoms with van der Waals surface area (Å²) < 4.78 is 3.14. The van der Waals surface area contributed by atoms with Crippen LogP contribution >= 0.6 is 34.0 Å². The van der Waals surface area contributed by atoms with E-state index < -0.39 is 0 Å². The highest BCUT2D eigenvalue weighted by Crippen LogP contribution is 2.32. The van der Waals surface area contributed by atoms with Crippen molar-refractivity contribution >= 4 is 44.8 Å². The molecule has 15 heavy (non-hydrogen) atoms. The van der Waals surface area contributed by atoms with Crippen LogP contribution in [0.5, 0.6) is 0 Å². The minimum absolute atomic E-state index is 0.336. The smallest absolute Gasteiger partial charge is 0.176 e. The van der Waals surface area contributed by atoms with Gasteiger partial charge in [0.25, 0.3) is 0 Å². The van der Waals surface area contributed by atoms with E-state index in [0.717, 1.165) is 11.5 Å². The summed E-state index contributed by atoms with van der Waals surface area (Å²) in [5.74, 6) is 0.906. The first-order valence-electron chi connectivity index (χ1n) is 4.22. The highest BCUT2D eigenvalue weighted by molar-refractivity contribution is 8.77. The molecule has 2 rings (SSSR count). The van der Waals surface area contributed by atoms with Crippen LogP contribution in [0.3, 0.4) is 0 Å². The van der Waals surface area contributed by atoms with Gasteiger partial charge in [-0.05, 0) is 35.1 Å². The molecule has 0 amide bonds. The van der Waals surface area contributed by atoms with Crippen LogP contribution in [0.1, 0.15) is 0 Å². The van der Waals surface area contributed by atoms with E-state index in [1.807, 2.05) is 40.6 Å². The first kappa shape index (κ1) is 10.7. The van der Waals surface area contributed by atoms with Crippen LogP contribution in [-0.4, -0.2) is 5.11 Å². The van der Waals surface area contributed by atoms with Crippen molar-refractivity contribution in [1.82, 2.24) is 4.72 Å². The van der Waals surface area contributed by atoms with E-state index >= 15 is 0 Å². The van der Waals surface area contributed by atoms with Crippen LogP contribution in [0, 0.1) is 0 Å². The summed E-state index contributed by atoms with van der Waals surface area (Å²) in [7, 11) is 3.15. The van der Waals surface area contributed by atoms with Gasteiger partial charge in [0.1, 0.15) is 5.82 Å². The Labute approximate surface area is 102 Å². The zero-order chi connectivity index (χ0) is 10.7. The molecule has 6 heteroatoms. The molecule has 1 aliphatic heterocycles. The maximum Gasteiger partial charge on any atom is 0.176 e. The van der Waals surface area contributed by atoms with Gasteiger partial charge in [0.15, 0.2) is 5.11 Å². The van der Waals surface area contributed by atoms with Gasteiger partial charge in [-0.1, -0.05) is 18.2 Å². The number of para-hydroxylation sites is 1. The summed E-state index contributed by atoms with van der Waals surface area (Å²) in [6, 6.07) is 9.80. The standard InChI is InChI=1S/C9H9N3S3/c10-9(13)12(8-6-14-15-11-8)7-4-2-1-3-5-7/h1-6,11H,(H2,10,13). The van der Waals surface area contributed by atoms with E-state index in [0.29, 0.717) is 5.11 Å². The van der Waals surface area contributed by atoms with E-state index in [9.17, 15) is 0 Å². The number of benzene rings is 1. The van der Waals surface area contributed by atoms with Gasteiger partial charge in [-0.25, -0.2) is 0 Å². The topological polar surface area (TPSA) is 41.3 Å². The zero-order valence-corrected chi connectivity index (χ0v) is 10.2. The third-order valence-electron chi connectivity index (χ3n) is 1.83. The Kier molecular flexibility index (Phi) is 3.40. The fourth-order valence-electron chi connectivity index (χ4n) is 1.22. The molecule has 1 aliphatic rings. The number of hydrogen-bond donors (Lipinski definition) is 2. The van der Waals surface area contributed by atoms with Gasteiger partial charge in [0, 0.05) is 22.1 Å². The third kappa shape index (κ3) is 2.39. The van der Waals surface area contributed by atoms with Crippen LogP contribution < -0.4 is 15.4 Å². The molecule has 0 aliphatic carbocycles. The van der Waals surface area contributed by atoms with E-state index in [1.165, 1.54) is 11.0 Å². The highest BCUT2D eigenvalue weighted by atomic mass is 33.1. The molecule has 1 aromatic rings. The monoisotopic (exact) mass is 255 g/mol. The number of anilines is 1. The molecule has 3 nitrogen and oxygen atoms in total. The Morgan fingerprint density at radius 3 is 2.60 bits per heavy atom. The maximum atomic E-state index is 5.71. The fraction of sp³-hybridized carbons (Fsp3) is 0. The van der Waals surface area contributed by atoms with Gasteiger partial charge in [-0.3, -0.25) is 4.90 Å². The summed E-state index contributed by atoms with van der Waals surface area (Å²) in [5.41, 5.74) is 6.67.